The fourth-order valence-corrected chi connectivity index (χ4v) is 6.83. The zero-order chi connectivity index (χ0) is 29.4. The Morgan fingerprint density at radius 1 is 0.976 bits per heavy atom. The van der Waals surface area contributed by atoms with E-state index in [-0.39, 0.29) is 17.9 Å². The van der Waals surface area contributed by atoms with Crippen molar-refractivity contribution in [2.75, 3.05) is 43.5 Å². The number of amides is 1. The molecule has 1 aliphatic carbocycles. The van der Waals surface area contributed by atoms with E-state index in [0.29, 0.717) is 16.7 Å². The van der Waals surface area contributed by atoms with E-state index in [1.165, 1.54) is 51.2 Å². The predicted molar refractivity (Wildman–Crippen MR) is 167 cm³/mol. The van der Waals surface area contributed by atoms with Crippen LogP contribution in [0, 0.1) is 12.3 Å². The highest BCUT2D eigenvalue weighted by Crippen LogP contribution is 2.42. The van der Waals surface area contributed by atoms with E-state index in [9.17, 15) is 9.59 Å². The number of nitrogens with zero attached hydrogens (tertiary/aromatic N) is 2. The predicted octanol–water partition coefficient (Wildman–Crippen LogP) is 7.33. The van der Waals surface area contributed by atoms with Gasteiger partial charge in [-0.15, -0.1) is 0 Å². The maximum absolute atomic E-state index is 13.5. The molecule has 2 fully saturated rings. The van der Waals surface area contributed by atoms with Gasteiger partial charge in [-0.2, -0.15) is 0 Å². The highest BCUT2D eigenvalue weighted by atomic mass is 16.5. The van der Waals surface area contributed by atoms with E-state index < -0.39 is 0 Å². The lowest BCUT2D eigenvalue weighted by atomic mass is 9.69. The van der Waals surface area contributed by atoms with Crippen LogP contribution in [-0.2, 0) is 4.74 Å². The molecule has 1 amide bonds. The number of likely N-dealkylation sites (tertiary alicyclic amines) is 1. The second-order valence-corrected chi connectivity index (χ2v) is 12.1. The van der Waals surface area contributed by atoms with Gasteiger partial charge in [-0.1, -0.05) is 49.1 Å². The molecule has 0 bridgehead atoms. The number of methoxy groups -OCH3 is 1. The number of aryl methyl sites for hydroxylation is 1. The zero-order valence-electron chi connectivity index (χ0n) is 25.1. The maximum Gasteiger partial charge on any atom is 0.339 e. The molecule has 2 heterocycles. The Balaban J connectivity index is 1.18. The van der Waals surface area contributed by atoms with Gasteiger partial charge in [0.1, 0.15) is 0 Å². The van der Waals surface area contributed by atoms with Crippen LogP contribution in [0.1, 0.15) is 84.3 Å². The van der Waals surface area contributed by atoms with Gasteiger partial charge in [0.2, 0.25) is 0 Å². The number of furan rings is 1. The van der Waals surface area contributed by atoms with E-state index in [1.54, 1.807) is 18.4 Å². The Bertz CT molecular complexity index is 1290. The number of piperidine rings is 1. The van der Waals surface area contributed by atoms with E-state index in [1.807, 2.05) is 41.3 Å². The Hall–Kier alpha value is -3.58. The molecule has 2 aliphatic rings. The van der Waals surface area contributed by atoms with Gasteiger partial charge in [0.15, 0.2) is 5.76 Å². The van der Waals surface area contributed by atoms with Gasteiger partial charge >= 0.3 is 5.97 Å². The lowest BCUT2D eigenvalue weighted by Crippen LogP contribution is -2.48. The smallest absolute Gasteiger partial charge is 0.339 e. The van der Waals surface area contributed by atoms with Crippen molar-refractivity contribution in [3.63, 3.8) is 0 Å². The van der Waals surface area contributed by atoms with Gasteiger partial charge in [-0.05, 0) is 93.8 Å². The van der Waals surface area contributed by atoms with Crippen LogP contribution in [0.25, 0.3) is 0 Å². The van der Waals surface area contributed by atoms with Crippen LogP contribution in [0.3, 0.4) is 0 Å². The topological polar surface area (TPSA) is 75.0 Å². The average molecular weight is 572 g/mol. The molecule has 5 rings (SSSR count). The largest absolute Gasteiger partial charge is 0.465 e. The standard InChI is InChI=1S/C35H45N3O4/c1-27-12-14-28(15-13-27)38(33(39)32-11-8-26-42-32)29-16-23-37(24-17-29)25-21-35(18-6-3-7-19-35)20-22-36-31-10-5-4-9-30(31)34(40)41-2/h4-5,8-15,26,29,36H,3,6-7,16-25H2,1-2H3. The van der Waals surface area contributed by atoms with Crippen LogP contribution in [0.5, 0.6) is 0 Å². The molecule has 7 nitrogen and oxygen atoms in total. The second-order valence-electron chi connectivity index (χ2n) is 12.1. The van der Waals surface area contributed by atoms with E-state index in [0.717, 1.165) is 56.8 Å². The summed E-state index contributed by atoms with van der Waals surface area (Å²) in [6, 6.07) is 19.5. The van der Waals surface area contributed by atoms with Crippen LogP contribution < -0.4 is 10.2 Å². The average Bonchev–Trinajstić information content (AvgIpc) is 3.58. The number of carbonyl (C=O) groups is 2. The fraction of sp³-hybridized carbons (Fsp3) is 0.486. The van der Waals surface area contributed by atoms with Crippen molar-refractivity contribution in [3.8, 4) is 0 Å². The third-order valence-electron chi connectivity index (χ3n) is 9.36. The first-order valence-electron chi connectivity index (χ1n) is 15.6. The molecule has 1 aliphatic heterocycles. The minimum atomic E-state index is -0.305. The van der Waals surface area contributed by atoms with Crippen molar-refractivity contribution >= 4 is 23.3 Å². The third-order valence-corrected chi connectivity index (χ3v) is 9.36. The van der Waals surface area contributed by atoms with E-state index >= 15 is 0 Å². The minimum absolute atomic E-state index is 0.0651. The van der Waals surface area contributed by atoms with Crippen LogP contribution in [0.2, 0.25) is 0 Å². The lowest BCUT2D eigenvalue weighted by Gasteiger charge is -2.42. The van der Waals surface area contributed by atoms with Gasteiger partial charge < -0.3 is 24.3 Å². The van der Waals surface area contributed by atoms with Crippen LogP contribution >= 0.6 is 0 Å². The minimum Gasteiger partial charge on any atom is -0.465 e. The zero-order valence-corrected chi connectivity index (χ0v) is 25.1. The number of carbonyl (C=O) groups excluding carboxylic acids is 2. The number of benzene rings is 2. The molecule has 42 heavy (non-hydrogen) atoms. The van der Waals surface area contributed by atoms with Crippen molar-refractivity contribution < 1.29 is 18.7 Å². The molecule has 1 saturated heterocycles. The van der Waals surface area contributed by atoms with Gasteiger partial charge in [0, 0.05) is 37.1 Å². The monoisotopic (exact) mass is 571 g/mol. The number of esters is 1. The number of rotatable bonds is 11. The molecule has 0 unspecified atom stereocenters. The van der Waals surface area contributed by atoms with Crippen LogP contribution in [-0.4, -0.2) is 56.1 Å². The van der Waals surface area contributed by atoms with Crippen molar-refractivity contribution in [3.05, 3.63) is 83.8 Å². The highest BCUT2D eigenvalue weighted by Gasteiger charge is 2.34. The van der Waals surface area contributed by atoms with Crippen molar-refractivity contribution in [2.24, 2.45) is 5.41 Å². The summed E-state index contributed by atoms with van der Waals surface area (Å²) in [6.45, 7) is 5.97. The molecule has 1 saturated carbocycles. The SMILES string of the molecule is COC(=O)c1ccccc1NCCC1(CCN2CCC(N(C(=O)c3ccco3)c3ccc(C)cc3)CC2)CCCCC1. The first kappa shape index (κ1) is 29.9. The molecule has 2 aromatic carbocycles. The molecule has 0 radical (unpaired) electrons. The molecule has 1 aromatic heterocycles. The van der Waals surface area contributed by atoms with Crippen molar-refractivity contribution in [2.45, 2.75) is 70.8 Å². The molecule has 3 aromatic rings. The summed E-state index contributed by atoms with van der Waals surface area (Å²) in [7, 11) is 1.43. The van der Waals surface area contributed by atoms with Crippen LogP contribution in [0.15, 0.2) is 71.3 Å². The summed E-state index contributed by atoms with van der Waals surface area (Å²) >= 11 is 0. The quantitative estimate of drug-likeness (QED) is 0.243. The van der Waals surface area contributed by atoms with Gasteiger partial charge in [0.05, 0.1) is 18.9 Å². The normalized spacial score (nSPS) is 17.5. The first-order chi connectivity index (χ1) is 20.5. The Morgan fingerprint density at radius 2 is 1.71 bits per heavy atom. The molecule has 0 atom stereocenters. The van der Waals surface area contributed by atoms with E-state index in [4.69, 9.17) is 9.15 Å². The van der Waals surface area contributed by atoms with Crippen molar-refractivity contribution in [1.29, 1.82) is 0 Å². The van der Waals surface area contributed by atoms with Gasteiger partial charge in [-0.3, -0.25) is 4.79 Å². The second kappa shape index (κ2) is 14.1. The summed E-state index contributed by atoms with van der Waals surface area (Å²) in [5.74, 6) is 0.0190. The van der Waals surface area contributed by atoms with Crippen molar-refractivity contribution in [1.82, 2.24) is 4.90 Å². The third kappa shape index (κ3) is 7.24. The molecule has 7 heteroatoms. The highest BCUT2D eigenvalue weighted by molar-refractivity contribution is 6.04. The number of para-hydroxylation sites is 1. The number of anilines is 2. The summed E-state index contributed by atoms with van der Waals surface area (Å²) in [4.78, 5) is 30.3. The first-order valence-corrected chi connectivity index (χ1v) is 15.6. The van der Waals surface area contributed by atoms with Gasteiger partial charge in [0.25, 0.3) is 5.91 Å². The Labute approximate surface area is 250 Å². The molecule has 0 spiro atoms. The fourth-order valence-electron chi connectivity index (χ4n) is 6.83. The van der Waals surface area contributed by atoms with E-state index in [2.05, 4.69) is 29.3 Å². The summed E-state index contributed by atoms with van der Waals surface area (Å²) < 4.78 is 10.5. The Morgan fingerprint density at radius 3 is 2.40 bits per heavy atom. The van der Waals surface area contributed by atoms with Gasteiger partial charge in [-0.25, -0.2) is 4.79 Å². The summed E-state index contributed by atoms with van der Waals surface area (Å²) in [6.07, 6.45) is 12.2. The molecule has 224 valence electrons. The number of nitrogens with one attached hydrogen (secondary N) is 1. The maximum atomic E-state index is 13.5. The number of ether oxygens (including phenoxy) is 1. The lowest BCUT2D eigenvalue weighted by molar-refractivity contribution is 0.0601. The number of hydrogen-bond donors (Lipinski definition) is 1. The van der Waals surface area contributed by atoms with Crippen LogP contribution in [0.4, 0.5) is 11.4 Å². The Kier molecular flexibility index (Phi) is 10.0. The number of hydrogen-bond acceptors (Lipinski definition) is 6. The summed E-state index contributed by atoms with van der Waals surface area (Å²) in [5, 5.41) is 3.54. The summed E-state index contributed by atoms with van der Waals surface area (Å²) in [5.41, 5.74) is 3.87. The molecular formula is C35H45N3O4. The molecule has 1 N–H and O–H groups in total. The molecular weight excluding hydrogens is 526 g/mol.